The number of halogens is 1. The van der Waals surface area contributed by atoms with Gasteiger partial charge in [0.1, 0.15) is 10.4 Å². The lowest BCUT2D eigenvalue weighted by molar-refractivity contribution is 0.905. The van der Waals surface area contributed by atoms with E-state index in [0.717, 1.165) is 5.69 Å². The molecule has 0 aliphatic rings. The molecule has 0 fully saturated rings. The zero-order valence-electron chi connectivity index (χ0n) is 8.38. The summed E-state index contributed by atoms with van der Waals surface area (Å²) < 4.78 is 0.648. The van der Waals surface area contributed by atoms with Gasteiger partial charge < -0.3 is 5.73 Å². The molecule has 0 saturated carbocycles. The standard InChI is InChI=1S/C9H8BrN5S/c1-5-2-3-12-8(13-5)16-9-14-6(10)4-7(11)15-9/h2-4H,1H3,(H2,11,14,15). The second-order valence-electron chi connectivity index (χ2n) is 2.98. The number of anilines is 1. The van der Waals surface area contributed by atoms with Gasteiger partial charge in [-0.3, -0.25) is 0 Å². The van der Waals surface area contributed by atoms with Crippen molar-refractivity contribution in [3.63, 3.8) is 0 Å². The zero-order valence-corrected chi connectivity index (χ0v) is 10.8. The van der Waals surface area contributed by atoms with Crippen molar-refractivity contribution in [2.75, 3.05) is 5.73 Å². The summed E-state index contributed by atoms with van der Waals surface area (Å²) in [4.78, 5) is 16.6. The van der Waals surface area contributed by atoms with Crippen molar-refractivity contribution in [2.45, 2.75) is 17.2 Å². The Kier molecular flexibility index (Phi) is 3.35. The molecule has 82 valence electrons. The van der Waals surface area contributed by atoms with Crippen molar-refractivity contribution < 1.29 is 0 Å². The topological polar surface area (TPSA) is 77.6 Å². The Bertz CT molecular complexity index is 499. The number of nitrogens with two attached hydrogens (primary N) is 1. The van der Waals surface area contributed by atoms with Crippen LogP contribution in [0.2, 0.25) is 0 Å². The van der Waals surface area contributed by atoms with Gasteiger partial charge in [-0.1, -0.05) is 0 Å². The SMILES string of the molecule is Cc1ccnc(Sc2nc(N)cc(Br)n2)n1. The predicted molar refractivity (Wildman–Crippen MR) is 65.0 cm³/mol. The third-order valence-corrected chi connectivity index (χ3v) is 2.80. The summed E-state index contributed by atoms with van der Waals surface area (Å²) in [5, 5.41) is 1.13. The Morgan fingerprint density at radius 2 is 2.06 bits per heavy atom. The van der Waals surface area contributed by atoms with Crippen LogP contribution in [-0.4, -0.2) is 19.9 Å². The predicted octanol–water partition coefficient (Wildman–Crippen LogP) is 2.07. The third-order valence-electron chi connectivity index (χ3n) is 1.65. The molecule has 7 heteroatoms. The van der Waals surface area contributed by atoms with Crippen molar-refractivity contribution in [3.05, 3.63) is 28.6 Å². The molecule has 0 spiro atoms. The first kappa shape index (κ1) is 11.3. The van der Waals surface area contributed by atoms with Crippen molar-refractivity contribution in [3.8, 4) is 0 Å². The van der Waals surface area contributed by atoms with Gasteiger partial charge >= 0.3 is 0 Å². The summed E-state index contributed by atoms with van der Waals surface area (Å²) in [6.07, 6.45) is 1.70. The maximum atomic E-state index is 5.61. The van der Waals surface area contributed by atoms with Crippen LogP contribution in [0, 0.1) is 6.92 Å². The first-order valence-corrected chi connectivity index (χ1v) is 6.02. The van der Waals surface area contributed by atoms with Crippen LogP contribution >= 0.6 is 27.7 Å². The van der Waals surface area contributed by atoms with Gasteiger partial charge in [-0.15, -0.1) is 0 Å². The fraction of sp³-hybridized carbons (Fsp3) is 0.111. The number of hydrogen-bond donors (Lipinski definition) is 1. The maximum Gasteiger partial charge on any atom is 0.198 e. The van der Waals surface area contributed by atoms with Crippen LogP contribution in [0.5, 0.6) is 0 Å². The van der Waals surface area contributed by atoms with Crippen LogP contribution in [0.3, 0.4) is 0 Å². The van der Waals surface area contributed by atoms with E-state index < -0.39 is 0 Å². The number of aromatic nitrogens is 4. The lowest BCUT2D eigenvalue weighted by atomic mass is 10.5. The van der Waals surface area contributed by atoms with Gasteiger partial charge in [0.2, 0.25) is 0 Å². The summed E-state index contributed by atoms with van der Waals surface area (Å²) in [5.41, 5.74) is 6.51. The number of rotatable bonds is 2. The second-order valence-corrected chi connectivity index (χ2v) is 4.73. The van der Waals surface area contributed by atoms with Crippen molar-refractivity contribution in [1.29, 1.82) is 0 Å². The molecular weight excluding hydrogens is 290 g/mol. The van der Waals surface area contributed by atoms with Gasteiger partial charge in [-0.05, 0) is 40.7 Å². The number of nitrogen functional groups attached to an aromatic ring is 1. The molecule has 2 aromatic rings. The molecule has 0 radical (unpaired) electrons. The molecule has 16 heavy (non-hydrogen) atoms. The fourth-order valence-corrected chi connectivity index (χ4v) is 2.30. The molecule has 0 aromatic carbocycles. The summed E-state index contributed by atoms with van der Waals surface area (Å²) >= 11 is 4.53. The molecule has 0 aliphatic carbocycles. The first-order chi connectivity index (χ1) is 7.63. The molecule has 5 nitrogen and oxygen atoms in total. The van der Waals surface area contributed by atoms with E-state index in [2.05, 4.69) is 35.9 Å². The van der Waals surface area contributed by atoms with Crippen LogP contribution in [-0.2, 0) is 0 Å². The minimum Gasteiger partial charge on any atom is -0.384 e. The Labute approximate surface area is 105 Å². The molecule has 2 aromatic heterocycles. The van der Waals surface area contributed by atoms with Crippen LogP contribution < -0.4 is 5.73 Å². The number of nitrogens with zero attached hydrogens (tertiary/aromatic N) is 4. The van der Waals surface area contributed by atoms with E-state index in [4.69, 9.17) is 5.73 Å². The minimum absolute atomic E-state index is 0.414. The monoisotopic (exact) mass is 297 g/mol. The van der Waals surface area contributed by atoms with Gasteiger partial charge in [-0.25, -0.2) is 19.9 Å². The van der Waals surface area contributed by atoms with Gasteiger partial charge in [0.15, 0.2) is 10.3 Å². The van der Waals surface area contributed by atoms with E-state index in [0.29, 0.717) is 20.7 Å². The van der Waals surface area contributed by atoms with Crippen molar-refractivity contribution in [2.24, 2.45) is 0 Å². The van der Waals surface area contributed by atoms with E-state index in [9.17, 15) is 0 Å². The highest BCUT2D eigenvalue weighted by molar-refractivity contribution is 9.10. The smallest absolute Gasteiger partial charge is 0.198 e. The van der Waals surface area contributed by atoms with E-state index in [1.54, 1.807) is 12.3 Å². The molecule has 2 rings (SSSR count). The molecule has 2 N–H and O–H groups in total. The highest BCUT2D eigenvalue weighted by Crippen LogP contribution is 2.23. The summed E-state index contributed by atoms with van der Waals surface area (Å²) in [7, 11) is 0. The molecule has 0 unspecified atom stereocenters. The van der Waals surface area contributed by atoms with E-state index in [-0.39, 0.29) is 0 Å². The number of aryl methyl sites for hydroxylation is 1. The summed E-state index contributed by atoms with van der Waals surface area (Å²) in [6, 6.07) is 3.47. The summed E-state index contributed by atoms with van der Waals surface area (Å²) in [5.74, 6) is 0.414. The first-order valence-electron chi connectivity index (χ1n) is 4.41. The third kappa shape index (κ3) is 2.89. The Morgan fingerprint density at radius 3 is 2.75 bits per heavy atom. The Hall–Kier alpha value is -1.21. The molecule has 0 bridgehead atoms. The van der Waals surface area contributed by atoms with Gasteiger partial charge in [-0.2, -0.15) is 0 Å². The average molecular weight is 298 g/mol. The molecular formula is C9H8BrN5S. The minimum atomic E-state index is 0.414. The Morgan fingerprint density at radius 1 is 1.25 bits per heavy atom. The molecule has 0 saturated heterocycles. The van der Waals surface area contributed by atoms with Crippen molar-refractivity contribution >= 4 is 33.5 Å². The lowest BCUT2D eigenvalue weighted by Gasteiger charge is -2.01. The van der Waals surface area contributed by atoms with E-state index in [1.165, 1.54) is 11.8 Å². The maximum absolute atomic E-state index is 5.61. The van der Waals surface area contributed by atoms with Gasteiger partial charge in [0.05, 0.1) is 0 Å². The average Bonchev–Trinajstić information content (AvgIpc) is 2.15. The molecule has 0 atom stereocenters. The Balaban J connectivity index is 2.27. The lowest BCUT2D eigenvalue weighted by Crippen LogP contribution is -1.96. The van der Waals surface area contributed by atoms with Crippen molar-refractivity contribution in [1.82, 2.24) is 19.9 Å². The van der Waals surface area contributed by atoms with Gasteiger partial charge in [0, 0.05) is 18.0 Å². The molecule has 0 aliphatic heterocycles. The zero-order chi connectivity index (χ0) is 11.5. The van der Waals surface area contributed by atoms with Crippen LogP contribution in [0.1, 0.15) is 5.69 Å². The van der Waals surface area contributed by atoms with Crippen LogP contribution in [0.4, 0.5) is 5.82 Å². The van der Waals surface area contributed by atoms with Crippen LogP contribution in [0.25, 0.3) is 0 Å². The number of hydrogen-bond acceptors (Lipinski definition) is 6. The summed E-state index contributed by atoms with van der Waals surface area (Å²) in [6.45, 7) is 1.90. The highest BCUT2D eigenvalue weighted by atomic mass is 79.9. The van der Waals surface area contributed by atoms with Crippen LogP contribution in [0.15, 0.2) is 33.2 Å². The second kappa shape index (κ2) is 4.75. The molecule has 2 heterocycles. The largest absolute Gasteiger partial charge is 0.384 e. The van der Waals surface area contributed by atoms with Gasteiger partial charge in [0.25, 0.3) is 0 Å². The van der Waals surface area contributed by atoms with E-state index >= 15 is 0 Å². The highest BCUT2D eigenvalue weighted by Gasteiger charge is 2.05. The normalized spacial score (nSPS) is 10.4. The quantitative estimate of drug-likeness (QED) is 0.675. The van der Waals surface area contributed by atoms with E-state index in [1.807, 2.05) is 13.0 Å². The molecule has 0 amide bonds. The fourth-order valence-electron chi connectivity index (χ4n) is 1.02.